The first-order valence-electron chi connectivity index (χ1n) is 18.7. The molecule has 0 spiro atoms. The van der Waals surface area contributed by atoms with E-state index in [-0.39, 0.29) is 0 Å². The van der Waals surface area contributed by atoms with Crippen LogP contribution in [0.5, 0.6) is 0 Å². The maximum Gasteiger partial charge on any atom is 0.0979 e. The van der Waals surface area contributed by atoms with Crippen LogP contribution in [0.15, 0.2) is 200 Å². The monoisotopic (exact) mass is 699 g/mol. The lowest BCUT2D eigenvalue weighted by molar-refractivity contribution is 1.18. The van der Waals surface area contributed by atoms with Gasteiger partial charge in [-0.3, -0.25) is 4.98 Å². The molecule has 0 aliphatic carbocycles. The third kappa shape index (κ3) is 5.13. The predicted molar refractivity (Wildman–Crippen MR) is 231 cm³/mol. The SMILES string of the molecule is c1ccc(-c2ccc3c(c2)c2cc(-c4ccccc4)ccc2c2nc(-c4ccccc4-c4ccc5c(c4)c4ccccc4n5-c4ccccc4)cnc32)cc1. The molecule has 0 saturated carbocycles. The molecule has 0 atom stereocenters. The third-order valence-corrected chi connectivity index (χ3v) is 11.0. The van der Waals surface area contributed by atoms with Gasteiger partial charge in [-0.15, -0.1) is 0 Å². The molecule has 0 aliphatic heterocycles. The van der Waals surface area contributed by atoms with Crippen LogP contribution in [0.3, 0.4) is 0 Å². The van der Waals surface area contributed by atoms with Gasteiger partial charge < -0.3 is 4.57 Å². The Morgan fingerprint density at radius 2 is 0.855 bits per heavy atom. The summed E-state index contributed by atoms with van der Waals surface area (Å²) in [6, 6.07) is 69.4. The fourth-order valence-electron chi connectivity index (χ4n) is 8.43. The summed E-state index contributed by atoms with van der Waals surface area (Å²) in [5.41, 5.74) is 14.3. The normalized spacial score (nSPS) is 11.6. The zero-order chi connectivity index (χ0) is 36.3. The molecule has 0 saturated heterocycles. The van der Waals surface area contributed by atoms with Crippen LogP contribution in [0.25, 0.3) is 105 Å². The number of hydrogen-bond donors (Lipinski definition) is 0. The molecule has 2 heterocycles. The number of benzene rings is 9. The third-order valence-electron chi connectivity index (χ3n) is 11.0. The molecule has 9 aromatic carbocycles. The Morgan fingerprint density at radius 3 is 1.55 bits per heavy atom. The second kappa shape index (κ2) is 12.6. The van der Waals surface area contributed by atoms with Crippen molar-refractivity contribution in [3.8, 4) is 50.3 Å². The molecule has 0 aliphatic rings. The Balaban J connectivity index is 1.11. The maximum atomic E-state index is 5.48. The van der Waals surface area contributed by atoms with E-state index in [1.807, 2.05) is 6.20 Å². The summed E-state index contributed by atoms with van der Waals surface area (Å²) in [5.74, 6) is 0. The van der Waals surface area contributed by atoms with Crippen molar-refractivity contribution in [2.75, 3.05) is 0 Å². The number of nitrogens with zero attached hydrogens (tertiary/aromatic N) is 3. The van der Waals surface area contributed by atoms with Crippen LogP contribution in [-0.4, -0.2) is 14.5 Å². The summed E-state index contributed by atoms with van der Waals surface area (Å²) in [5, 5.41) is 6.98. The Hall–Kier alpha value is -7.36. The Morgan fingerprint density at radius 1 is 0.327 bits per heavy atom. The van der Waals surface area contributed by atoms with Crippen molar-refractivity contribution in [3.63, 3.8) is 0 Å². The van der Waals surface area contributed by atoms with Crippen molar-refractivity contribution in [2.45, 2.75) is 0 Å². The Bertz CT molecular complexity index is 3240. The second-order valence-corrected chi connectivity index (χ2v) is 14.2. The van der Waals surface area contributed by atoms with E-state index in [1.165, 1.54) is 54.8 Å². The van der Waals surface area contributed by atoms with E-state index in [0.717, 1.165) is 49.9 Å². The van der Waals surface area contributed by atoms with E-state index in [2.05, 4.69) is 199 Å². The minimum atomic E-state index is 0.851. The Kier molecular flexibility index (Phi) is 7.17. The lowest BCUT2D eigenvalue weighted by atomic mass is 9.93. The number of rotatable bonds is 5. The van der Waals surface area contributed by atoms with E-state index >= 15 is 0 Å². The van der Waals surface area contributed by atoms with Crippen molar-refractivity contribution >= 4 is 54.4 Å². The first-order valence-corrected chi connectivity index (χ1v) is 18.7. The van der Waals surface area contributed by atoms with E-state index in [4.69, 9.17) is 9.97 Å². The van der Waals surface area contributed by atoms with Crippen LogP contribution >= 0.6 is 0 Å². The minimum absolute atomic E-state index is 0.851. The van der Waals surface area contributed by atoms with Crippen LogP contribution in [-0.2, 0) is 0 Å². The molecule has 0 N–H and O–H groups in total. The number of para-hydroxylation sites is 2. The van der Waals surface area contributed by atoms with Gasteiger partial charge in [-0.25, -0.2) is 4.98 Å². The van der Waals surface area contributed by atoms with Gasteiger partial charge in [-0.2, -0.15) is 0 Å². The average Bonchev–Trinajstić information content (AvgIpc) is 3.60. The topological polar surface area (TPSA) is 30.7 Å². The van der Waals surface area contributed by atoms with E-state index in [0.29, 0.717) is 0 Å². The number of fused-ring (bicyclic) bond motifs is 9. The standard InChI is InChI=1S/C52H33N3/c1-4-14-34(15-5-1)36-24-27-43-45(30-36)46-31-37(35-16-6-2-7-17-35)25-28-44(46)52-51(43)53-33-48(54-52)41-21-11-10-20-40(41)38-26-29-50-47(32-38)42-22-12-13-23-49(42)55(50)39-18-8-3-9-19-39/h1-33H. The molecule has 3 heteroatoms. The van der Waals surface area contributed by atoms with Gasteiger partial charge in [0.1, 0.15) is 0 Å². The first-order chi connectivity index (χ1) is 27.3. The maximum absolute atomic E-state index is 5.48. The number of aromatic nitrogens is 3. The van der Waals surface area contributed by atoms with E-state index in [9.17, 15) is 0 Å². The van der Waals surface area contributed by atoms with Gasteiger partial charge >= 0.3 is 0 Å². The van der Waals surface area contributed by atoms with Crippen LogP contribution in [0.2, 0.25) is 0 Å². The van der Waals surface area contributed by atoms with Crippen LogP contribution in [0.4, 0.5) is 0 Å². The molecule has 0 unspecified atom stereocenters. The molecule has 11 aromatic rings. The van der Waals surface area contributed by atoms with Gasteiger partial charge in [-0.05, 0) is 86.6 Å². The molecule has 256 valence electrons. The van der Waals surface area contributed by atoms with Crippen molar-refractivity contribution in [2.24, 2.45) is 0 Å². The van der Waals surface area contributed by atoms with Crippen molar-refractivity contribution in [1.29, 1.82) is 0 Å². The summed E-state index contributed by atoms with van der Waals surface area (Å²) in [4.78, 5) is 10.7. The molecule has 3 nitrogen and oxygen atoms in total. The van der Waals surface area contributed by atoms with Gasteiger partial charge in [0.05, 0.1) is 34.0 Å². The fourth-order valence-corrected chi connectivity index (χ4v) is 8.43. The van der Waals surface area contributed by atoms with Gasteiger partial charge in [0.2, 0.25) is 0 Å². The van der Waals surface area contributed by atoms with E-state index < -0.39 is 0 Å². The van der Waals surface area contributed by atoms with Crippen molar-refractivity contribution in [1.82, 2.24) is 14.5 Å². The summed E-state index contributed by atoms with van der Waals surface area (Å²) in [7, 11) is 0. The second-order valence-electron chi connectivity index (χ2n) is 14.2. The zero-order valence-corrected chi connectivity index (χ0v) is 29.9. The predicted octanol–water partition coefficient (Wildman–Crippen LogP) is 13.7. The molecule has 11 rings (SSSR count). The minimum Gasteiger partial charge on any atom is -0.309 e. The highest BCUT2D eigenvalue weighted by molar-refractivity contribution is 6.24. The molecular formula is C52H33N3. The fraction of sp³-hybridized carbons (Fsp3) is 0. The zero-order valence-electron chi connectivity index (χ0n) is 29.9. The van der Waals surface area contributed by atoms with Gasteiger partial charge in [0.25, 0.3) is 0 Å². The molecule has 0 fully saturated rings. The smallest absolute Gasteiger partial charge is 0.0979 e. The number of hydrogen-bond acceptors (Lipinski definition) is 2. The van der Waals surface area contributed by atoms with Crippen LogP contribution < -0.4 is 0 Å². The quantitative estimate of drug-likeness (QED) is 0.167. The van der Waals surface area contributed by atoms with E-state index in [1.54, 1.807) is 0 Å². The van der Waals surface area contributed by atoms with Gasteiger partial charge in [0, 0.05) is 32.8 Å². The highest BCUT2D eigenvalue weighted by atomic mass is 15.0. The molecule has 55 heavy (non-hydrogen) atoms. The summed E-state index contributed by atoms with van der Waals surface area (Å²) in [6.07, 6.45) is 1.95. The Labute approximate surface area is 318 Å². The van der Waals surface area contributed by atoms with Crippen LogP contribution in [0.1, 0.15) is 0 Å². The molecular weight excluding hydrogens is 667 g/mol. The molecule has 0 bridgehead atoms. The van der Waals surface area contributed by atoms with Crippen LogP contribution in [0, 0.1) is 0 Å². The van der Waals surface area contributed by atoms with Gasteiger partial charge in [-0.1, -0.05) is 152 Å². The van der Waals surface area contributed by atoms with Gasteiger partial charge in [0.15, 0.2) is 0 Å². The highest BCUT2D eigenvalue weighted by Crippen LogP contribution is 2.41. The summed E-state index contributed by atoms with van der Waals surface area (Å²) >= 11 is 0. The van der Waals surface area contributed by atoms with Crippen molar-refractivity contribution in [3.05, 3.63) is 200 Å². The lowest BCUT2D eigenvalue weighted by Crippen LogP contribution is -1.95. The summed E-state index contributed by atoms with van der Waals surface area (Å²) in [6.45, 7) is 0. The average molecular weight is 700 g/mol. The highest BCUT2D eigenvalue weighted by Gasteiger charge is 2.18. The van der Waals surface area contributed by atoms with Crippen molar-refractivity contribution < 1.29 is 0 Å². The molecule has 2 aromatic heterocycles. The molecule has 0 radical (unpaired) electrons. The largest absolute Gasteiger partial charge is 0.309 e. The first kappa shape index (κ1) is 31.2. The lowest BCUT2D eigenvalue weighted by Gasteiger charge is -2.15. The molecule has 0 amide bonds. The summed E-state index contributed by atoms with van der Waals surface area (Å²) < 4.78 is 2.36.